The van der Waals surface area contributed by atoms with Gasteiger partial charge < -0.3 is 15.2 Å². The number of fused-ring (bicyclic) bond motifs is 1. The number of nitrogens with one attached hydrogen (secondary N) is 2. The number of urea groups is 1. The third-order valence-electron chi connectivity index (χ3n) is 4.62. The highest BCUT2D eigenvalue weighted by molar-refractivity contribution is 5.73. The van der Waals surface area contributed by atoms with Crippen LogP contribution in [0, 0.1) is 5.92 Å². The Morgan fingerprint density at radius 2 is 2.09 bits per heavy atom. The van der Waals surface area contributed by atoms with Gasteiger partial charge in [0.05, 0.1) is 6.54 Å². The largest absolute Gasteiger partial charge is 0.361 e. The first-order valence-electron chi connectivity index (χ1n) is 7.92. The van der Waals surface area contributed by atoms with Gasteiger partial charge in [-0.05, 0) is 32.1 Å². The fourth-order valence-corrected chi connectivity index (χ4v) is 3.28. The molecule has 2 N–H and O–H groups in total. The Balaban J connectivity index is 1.46. The molecule has 1 fully saturated rings. The Labute approximate surface area is 127 Å². The first-order chi connectivity index (χ1) is 10.6. The number of carbonyl (C=O) groups excluding carboxylic acids is 1. The standard InChI is InChI=1S/C15H21F2N3O2/c16-15(17)7-3-4-10(15)8-18-14(21)19-9-12-11-5-1-2-6-13(11)22-20-12/h10H,1-9H2,(H2,18,19,21). The van der Waals surface area contributed by atoms with Crippen molar-refractivity contribution in [3.05, 3.63) is 17.0 Å². The number of nitrogens with zero attached hydrogens (tertiary/aromatic N) is 1. The van der Waals surface area contributed by atoms with E-state index in [2.05, 4.69) is 15.8 Å². The summed E-state index contributed by atoms with van der Waals surface area (Å²) in [6, 6.07) is -0.435. The van der Waals surface area contributed by atoms with Crippen LogP contribution in [0.3, 0.4) is 0 Å². The number of alkyl halides is 2. The predicted octanol–water partition coefficient (Wildman–Crippen LogP) is 2.79. The number of aryl methyl sites for hydroxylation is 1. The molecule has 2 aliphatic rings. The molecule has 1 unspecified atom stereocenters. The van der Waals surface area contributed by atoms with Crippen LogP contribution in [0.25, 0.3) is 0 Å². The highest BCUT2D eigenvalue weighted by Crippen LogP contribution is 2.39. The second-order valence-corrected chi connectivity index (χ2v) is 6.15. The van der Waals surface area contributed by atoms with Gasteiger partial charge in [-0.15, -0.1) is 0 Å². The number of halogens is 2. The van der Waals surface area contributed by atoms with E-state index in [4.69, 9.17) is 4.52 Å². The molecule has 1 saturated carbocycles. The Kier molecular flexibility index (Phi) is 4.31. The number of amides is 2. The molecule has 1 atom stereocenters. The summed E-state index contributed by atoms with van der Waals surface area (Å²) in [6.07, 6.45) is 4.93. The van der Waals surface area contributed by atoms with Gasteiger partial charge in [0.15, 0.2) is 0 Å². The topological polar surface area (TPSA) is 67.2 Å². The maximum atomic E-state index is 13.5. The molecule has 0 spiro atoms. The van der Waals surface area contributed by atoms with E-state index in [1.807, 2.05) is 0 Å². The van der Waals surface area contributed by atoms with E-state index >= 15 is 0 Å². The van der Waals surface area contributed by atoms with E-state index < -0.39 is 17.9 Å². The number of rotatable bonds is 4. The average molecular weight is 313 g/mol. The van der Waals surface area contributed by atoms with Crippen molar-refractivity contribution in [1.29, 1.82) is 0 Å². The van der Waals surface area contributed by atoms with Gasteiger partial charge >= 0.3 is 6.03 Å². The van der Waals surface area contributed by atoms with E-state index in [9.17, 15) is 13.6 Å². The van der Waals surface area contributed by atoms with Gasteiger partial charge in [0.25, 0.3) is 5.92 Å². The van der Waals surface area contributed by atoms with Gasteiger partial charge in [-0.25, -0.2) is 13.6 Å². The molecule has 1 heterocycles. The van der Waals surface area contributed by atoms with Crippen LogP contribution >= 0.6 is 0 Å². The molecule has 1 aromatic heterocycles. The van der Waals surface area contributed by atoms with Crippen LogP contribution in [0.1, 0.15) is 49.1 Å². The first-order valence-corrected chi connectivity index (χ1v) is 7.92. The molecule has 3 rings (SSSR count). The van der Waals surface area contributed by atoms with E-state index in [1.54, 1.807) is 0 Å². The zero-order valence-electron chi connectivity index (χ0n) is 12.5. The fourth-order valence-electron chi connectivity index (χ4n) is 3.28. The molecule has 5 nitrogen and oxygen atoms in total. The summed E-state index contributed by atoms with van der Waals surface area (Å²) in [7, 11) is 0. The summed E-state index contributed by atoms with van der Waals surface area (Å²) < 4.78 is 32.2. The molecular weight excluding hydrogens is 292 g/mol. The SMILES string of the molecule is O=C(NCc1noc2c1CCCC2)NCC1CCCC1(F)F. The first kappa shape index (κ1) is 15.2. The summed E-state index contributed by atoms with van der Waals surface area (Å²) in [5.74, 6) is -2.49. The maximum Gasteiger partial charge on any atom is 0.315 e. The number of hydrogen-bond donors (Lipinski definition) is 2. The lowest BCUT2D eigenvalue weighted by molar-refractivity contribution is -0.0349. The zero-order chi connectivity index (χ0) is 15.6. The monoisotopic (exact) mass is 313 g/mol. The quantitative estimate of drug-likeness (QED) is 0.898. The molecule has 0 radical (unpaired) electrons. The molecular formula is C15H21F2N3O2. The second-order valence-electron chi connectivity index (χ2n) is 6.15. The Hall–Kier alpha value is -1.66. The van der Waals surface area contributed by atoms with Gasteiger partial charge in [0.1, 0.15) is 11.5 Å². The molecule has 0 aromatic carbocycles. The fraction of sp³-hybridized carbons (Fsp3) is 0.733. The normalized spacial score (nSPS) is 23.1. The van der Waals surface area contributed by atoms with Crippen LogP contribution in [-0.4, -0.2) is 23.7 Å². The molecule has 0 saturated heterocycles. The van der Waals surface area contributed by atoms with Gasteiger partial charge in [-0.1, -0.05) is 5.16 Å². The molecule has 2 amide bonds. The summed E-state index contributed by atoms with van der Waals surface area (Å²) in [6.45, 7) is 0.279. The van der Waals surface area contributed by atoms with Crippen LogP contribution < -0.4 is 10.6 Å². The second kappa shape index (κ2) is 6.22. The lowest BCUT2D eigenvalue weighted by Crippen LogP contribution is -2.41. The van der Waals surface area contributed by atoms with Crippen LogP contribution in [0.15, 0.2) is 4.52 Å². The van der Waals surface area contributed by atoms with E-state index in [-0.39, 0.29) is 19.5 Å². The van der Waals surface area contributed by atoms with Crippen LogP contribution in [0.5, 0.6) is 0 Å². The van der Waals surface area contributed by atoms with E-state index in [1.165, 1.54) is 0 Å². The van der Waals surface area contributed by atoms with Crippen LogP contribution in [0.2, 0.25) is 0 Å². The van der Waals surface area contributed by atoms with Gasteiger partial charge in [0.2, 0.25) is 0 Å². The lowest BCUT2D eigenvalue weighted by atomic mass is 9.96. The highest BCUT2D eigenvalue weighted by atomic mass is 19.3. The van der Waals surface area contributed by atoms with Crippen molar-refractivity contribution in [3.63, 3.8) is 0 Å². The molecule has 7 heteroatoms. The number of hydrogen-bond acceptors (Lipinski definition) is 3. The number of aromatic nitrogens is 1. The van der Waals surface area contributed by atoms with Crippen molar-refractivity contribution in [2.45, 2.75) is 57.4 Å². The van der Waals surface area contributed by atoms with Gasteiger partial charge in [-0.3, -0.25) is 0 Å². The van der Waals surface area contributed by atoms with Crippen LogP contribution in [0.4, 0.5) is 13.6 Å². The molecule has 2 aliphatic carbocycles. The van der Waals surface area contributed by atoms with Crippen molar-refractivity contribution in [1.82, 2.24) is 15.8 Å². The lowest BCUT2D eigenvalue weighted by Gasteiger charge is -2.19. The van der Waals surface area contributed by atoms with E-state index in [0.29, 0.717) is 12.8 Å². The Morgan fingerprint density at radius 3 is 2.86 bits per heavy atom. The average Bonchev–Trinajstić information content (AvgIpc) is 3.06. The van der Waals surface area contributed by atoms with Gasteiger partial charge in [0, 0.05) is 30.9 Å². The summed E-state index contributed by atoms with van der Waals surface area (Å²) >= 11 is 0. The third kappa shape index (κ3) is 3.23. The van der Waals surface area contributed by atoms with Crippen LogP contribution in [-0.2, 0) is 19.4 Å². The highest BCUT2D eigenvalue weighted by Gasteiger charge is 2.43. The molecule has 0 aliphatic heterocycles. The van der Waals surface area contributed by atoms with Crippen molar-refractivity contribution in [2.75, 3.05) is 6.54 Å². The smallest absolute Gasteiger partial charge is 0.315 e. The summed E-state index contributed by atoms with van der Waals surface area (Å²) in [5, 5.41) is 9.20. The van der Waals surface area contributed by atoms with Crippen molar-refractivity contribution in [3.8, 4) is 0 Å². The summed E-state index contributed by atoms with van der Waals surface area (Å²) in [4.78, 5) is 11.7. The summed E-state index contributed by atoms with van der Waals surface area (Å²) in [5.41, 5.74) is 1.84. The third-order valence-corrected chi connectivity index (χ3v) is 4.62. The van der Waals surface area contributed by atoms with Crippen molar-refractivity contribution >= 4 is 6.03 Å². The van der Waals surface area contributed by atoms with Crippen molar-refractivity contribution in [2.24, 2.45) is 5.92 Å². The molecule has 122 valence electrons. The van der Waals surface area contributed by atoms with Crippen molar-refractivity contribution < 1.29 is 18.1 Å². The minimum atomic E-state index is -2.65. The van der Waals surface area contributed by atoms with Gasteiger partial charge in [-0.2, -0.15) is 0 Å². The minimum Gasteiger partial charge on any atom is -0.361 e. The zero-order valence-corrected chi connectivity index (χ0v) is 12.5. The maximum absolute atomic E-state index is 13.5. The number of carbonyl (C=O) groups is 1. The van der Waals surface area contributed by atoms with E-state index in [0.717, 1.165) is 42.7 Å². The predicted molar refractivity (Wildman–Crippen MR) is 75.7 cm³/mol. The molecule has 22 heavy (non-hydrogen) atoms. The Bertz CT molecular complexity index is 545. The Morgan fingerprint density at radius 1 is 1.27 bits per heavy atom. The minimum absolute atomic E-state index is 0.00968. The molecule has 1 aromatic rings. The molecule has 0 bridgehead atoms.